The molecule has 1 fully saturated rings. The van der Waals surface area contributed by atoms with E-state index >= 15 is 0 Å². The van der Waals surface area contributed by atoms with Gasteiger partial charge >= 0.3 is 11.9 Å². The van der Waals surface area contributed by atoms with Gasteiger partial charge in [0.25, 0.3) is 0 Å². The summed E-state index contributed by atoms with van der Waals surface area (Å²) >= 11 is 0. The van der Waals surface area contributed by atoms with Crippen molar-refractivity contribution < 1.29 is 24.2 Å². The summed E-state index contributed by atoms with van der Waals surface area (Å²) in [6.45, 7) is 2.25. The summed E-state index contributed by atoms with van der Waals surface area (Å²) in [7, 11) is 0. The van der Waals surface area contributed by atoms with Crippen LogP contribution in [-0.2, 0) is 19.1 Å². The van der Waals surface area contributed by atoms with Gasteiger partial charge in [0.05, 0.1) is 0 Å². The Morgan fingerprint density at radius 2 is 1.41 bits per heavy atom. The molecule has 0 radical (unpaired) electrons. The highest BCUT2D eigenvalue weighted by atomic mass is 16.6. The summed E-state index contributed by atoms with van der Waals surface area (Å²) < 4.78 is 5.10. The van der Waals surface area contributed by atoms with Gasteiger partial charge in [0.15, 0.2) is 6.10 Å². The van der Waals surface area contributed by atoms with Crippen LogP contribution in [0, 0.1) is 0 Å². The Labute approximate surface area is 176 Å². The molecule has 0 aromatic carbocycles. The number of rotatable bonds is 18. The lowest BCUT2D eigenvalue weighted by Crippen LogP contribution is -2.38. The average molecular weight is 412 g/mol. The summed E-state index contributed by atoms with van der Waals surface area (Å²) in [6.07, 6.45) is 17.2. The summed E-state index contributed by atoms with van der Waals surface area (Å²) in [5.41, 5.74) is 0. The lowest BCUT2D eigenvalue weighted by atomic mass is 10.0. The largest absolute Gasteiger partial charge is 0.479 e. The molecule has 0 bridgehead atoms. The maximum atomic E-state index is 12.0. The zero-order chi connectivity index (χ0) is 21.3. The molecule has 29 heavy (non-hydrogen) atoms. The van der Waals surface area contributed by atoms with E-state index < -0.39 is 24.1 Å². The normalized spacial score (nSPS) is 17.1. The molecular formula is C23H41NO5. The Hall–Kier alpha value is -1.59. The van der Waals surface area contributed by atoms with Crippen LogP contribution in [0.15, 0.2) is 0 Å². The van der Waals surface area contributed by atoms with Crippen LogP contribution in [0.1, 0.15) is 116 Å². The molecule has 6 nitrogen and oxygen atoms in total. The van der Waals surface area contributed by atoms with Gasteiger partial charge in [0.2, 0.25) is 5.91 Å². The summed E-state index contributed by atoms with van der Waals surface area (Å²) in [5, 5.41) is 11.8. The summed E-state index contributed by atoms with van der Waals surface area (Å²) in [4.78, 5) is 34.4. The molecule has 1 amide bonds. The predicted octanol–water partition coefficient (Wildman–Crippen LogP) is 5.13. The molecule has 2 atom stereocenters. The van der Waals surface area contributed by atoms with Crippen LogP contribution < -0.4 is 5.32 Å². The lowest BCUT2D eigenvalue weighted by molar-refractivity contribution is -0.165. The van der Waals surface area contributed by atoms with Crippen LogP contribution in [0.25, 0.3) is 0 Å². The number of amides is 1. The van der Waals surface area contributed by atoms with Crippen molar-refractivity contribution >= 4 is 17.8 Å². The minimum atomic E-state index is -1.11. The Balaban J connectivity index is 1.97. The second-order valence-electron chi connectivity index (χ2n) is 8.31. The van der Waals surface area contributed by atoms with E-state index in [2.05, 4.69) is 12.2 Å². The van der Waals surface area contributed by atoms with Crippen molar-refractivity contribution in [3.05, 3.63) is 0 Å². The van der Waals surface area contributed by atoms with Crippen LogP contribution in [0.3, 0.4) is 0 Å². The molecule has 0 aromatic rings. The maximum Gasteiger partial charge on any atom is 0.345 e. The fourth-order valence-corrected chi connectivity index (χ4v) is 3.77. The first-order chi connectivity index (χ1) is 14.0. The van der Waals surface area contributed by atoms with E-state index in [4.69, 9.17) is 4.74 Å². The molecule has 0 spiro atoms. The molecule has 1 heterocycles. The predicted molar refractivity (Wildman–Crippen MR) is 114 cm³/mol. The van der Waals surface area contributed by atoms with Gasteiger partial charge in [0, 0.05) is 6.42 Å². The van der Waals surface area contributed by atoms with E-state index in [0.29, 0.717) is 12.8 Å². The third kappa shape index (κ3) is 12.6. The van der Waals surface area contributed by atoms with Gasteiger partial charge in [-0.15, -0.1) is 0 Å². The highest BCUT2D eigenvalue weighted by molar-refractivity contribution is 5.89. The van der Waals surface area contributed by atoms with Crippen molar-refractivity contribution in [3.63, 3.8) is 0 Å². The molecule has 1 unspecified atom stereocenters. The fraction of sp³-hybridized carbons (Fsp3) is 0.870. The number of ether oxygens (including phenoxy) is 1. The molecule has 168 valence electrons. The Kier molecular flexibility index (Phi) is 14.2. The van der Waals surface area contributed by atoms with Crippen LogP contribution in [0.5, 0.6) is 0 Å². The van der Waals surface area contributed by atoms with Crippen LogP contribution in [-0.4, -0.2) is 35.1 Å². The number of carboxylic acid groups (broad SMARTS) is 1. The third-order valence-corrected chi connectivity index (χ3v) is 5.63. The maximum absolute atomic E-state index is 12.0. The standard InChI is InChI=1S/C23H41NO5/c1-2-3-4-5-6-7-8-9-10-11-12-13-14-15-16-20(22(26)27)29-23(28)19-17-18-21(25)24-19/h19-20H,2-18H2,1H3,(H,24,25)(H,26,27)/t19-,20?/m0/s1. The molecule has 0 saturated carbocycles. The van der Waals surface area contributed by atoms with Crippen LogP contribution in [0.4, 0.5) is 0 Å². The van der Waals surface area contributed by atoms with Gasteiger partial charge in [-0.05, 0) is 19.3 Å². The zero-order valence-corrected chi connectivity index (χ0v) is 18.3. The van der Waals surface area contributed by atoms with E-state index in [1.54, 1.807) is 0 Å². The van der Waals surface area contributed by atoms with Crippen molar-refractivity contribution in [2.45, 2.75) is 128 Å². The van der Waals surface area contributed by atoms with Gasteiger partial charge < -0.3 is 15.2 Å². The monoisotopic (exact) mass is 411 g/mol. The van der Waals surface area contributed by atoms with Crippen molar-refractivity contribution in [3.8, 4) is 0 Å². The second kappa shape index (κ2) is 16.2. The molecule has 2 N–H and O–H groups in total. The molecule has 6 heteroatoms. The molecule has 1 rings (SSSR count). The Morgan fingerprint density at radius 3 is 1.83 bits per heavy atom. The SMILES string of the molecule is CCCCCCCCCCCCCCCCC(OC(=O)[C@@H]1CCC(=O)N1)C(=O)O. The Bertz CT molecular complexity index is 480. The van der Waals surface area contributed by atoms with Gasteiger partial charge in [-0.3, -0.25) is 4.79 Å². The van der Waals surface area contributed by atoms with E-state index in [-0.39, 0.29) is 12.3 Å². The number of carbonyl (C=O) groups excluding carboxylic acids is 2. The first-order valence-electron chi connectivity index (χ1n) is 11.8. The number of carboxylic acids is 1. The topological polar surface area (TPSA) is 92.7 Å². The van der Waals surface area contributed by atoms with E-state index in [1.807, 2.05) is 0 Å². The minimum Gasteiger partial charge on any atom is -0.479 e. The number of carbonyl (C=O) groups is 3. The van der Waals surface area contributed by atoms with Gasteiger partial charge in [-0.2, -0.15) is 0 Å². The number of esters is 1. The van der Waals surface area contributed by atoms with Gasteiger partial charge in [-0.1, -0.05) is 90.4 Å². The first kappa shape index (κ1) is 25.4. The number of hydrogen-bond acceptors (Lipinski definition) is 4. The highest BCUT2D eigenvalue weighted by Crippen LogP contribution is 2.16. The van der Waals surface area contributed by atoms with Crippen LogP contribution in [0.2, 0.25) is 0 Å². The summed E-state index contributed by atoms with van der Waals surface area (Å²) in [5.74, 6) is -1.93. The zero-order valence-electron chi connectivity index (χ0n) is 18.3. The van der Waals surface area contributed by atoms with Crippen molar-refractivity contribution in [1.82, 2.24) is 5.32 Å². The second-order valence-corrected chi connectivity index (χ2v) is 8.31. The molecule has 1 aliphatic rings. The Morgan fingerprint density at radius 1 is 0.931 bits per heavy atom. The van der Waals surface area contributed by atoms with Crippen molar-refractivity contribution in [2.75, 3.05) is 0 Å². The quantitative estimate of drug-likeness (QED) is 0.241. The van der Waals surface area contributed by atoms with E-state index in [9.17, 15) is 19.5 Å². The molecule has 0 aliphatic carbocycles. The van der Waals surface area contributed by atoms with Gasteiger partial charge in [0.1, 0.15) is 6.04 Å². The van der Waals surface area contributed by atoms with E-state index in [0.717, 1.165) is 19.3 Å². The van der Waals surface area contributed by atoms with Crippen LogP contribution >= 0.6 is 0 Å². The highest BCUT2D eigenvalue weighted by Gasteiger charge is 2.32. The van der Waals surface area contributed by atoms with Crippen molar-refractivity contribution in [1.29, 1.82) is 0 Å². The molecule has 0 aromatic heterocycles. The molecular weight excluding hydrogens is 370 g/mol. The molecule has 1 aliphatic heterocycles. The third-order valence-electron chi connectivity index (χ3n) is 5.63. The summed E-state index contributed by atoms with van der Waals surface area (Å²) in [6, 6.07) is -0.694. The van der Waals surface area contributed by atoms with E-state index in [1.165, 1.54) is 70.6 Å². The number of hydrogen-bond donors (Lipinski definition) is 2. The van der Waals surface area contributed by atoms with Crippen molar-refractivity contribution in [2.24, 2.45) is 0 Å². The smallest absolute Gasteiger partial charge is 0.345 e. The number of unbranched alkanes of at least 4 members (excludes halogenated alkanes) is 13. The number of nitrogens with one attached hydrogen (secondary N) is 1. The lowest BCUT2D eigenvalue weighted by Gasteiger charge is -2.16. The fourth-order valence-electron chi connectivity index (χ4n) is 3.77. The minimum absolute atomic E-state index is 0.189. The average Bonchev–Trinajstić information content (AvgIpc) is 3.13. The van der Waals surface area contributed by atoms with Gasteiger partial charge in [-0.25, -0.2) is 9.59 Å². The number of aliphatic carboxylic acids is 1. The molecule has 1 saturated heterocycles. The first-order valence-corrected chi connectivity index (χ1v) is 11.8.